The number of hydrogen-bond acceptors (Lipinski definition) is 7. The molecule has 3 aromatic rings. The molecule has 0 atom stereocenters. The van der Waals surface area contributed by atoms with Crippen LogP contribution in [0.4, 0.5) is 10.1 Å². The molecule has 0 spiro atoms. The highest BCUT2D eigenvalue weighted by molar-refractivity contribution is 5.95. The molecule has 0 aliphatic rings. The maximum Gasteiger partial charge on any atom is 0.274 e. The molecule has 0 unspecified atom stereocenters. The Morgan fingerprint density at radius 3 is 2.73 bits per heavy atom. The van der Waals surface area contributed by atoms with Gasteiger partial charge in [-0.2, -0.15) is 10.4 Å². The Labute approximate surface area is 187 Å². The first-order valence-electron chi connectivity index (χ1n) is 9.48. The van der Waals surface area contributed by atoms with Crippen molar-refractivity contribution in [3.05, 3.63) is 98.8 Å². The fourth-order valence-electron chi connectivity index (χ4n) is 2.80. The van der Waals surface area contributed by atoms with Gasteiger partial charge in [-0.25, -0.2) is 9.82 Å². The van der Waals surface area contributed by atoms with E-state index in [9.17, 15) is 19.3 Å². The maximum absolute atomic E-state index is 13.9. The van der Waals surface area contributed by atoms with Crippen molar-refractivity contribution in [1.82, 2.24) is 5.43 Å². The number of nitro groups is 1. The molecule has 0 heterocycles. The van der Waals surface area contributed by atoms with E-state index in [1.54, 1.807) is 36.4 Å². The van der Waals surface area contributed by atoms with Crippen molar-refractivity contribution in [2.24, 2.45) is 5.10 Å². The average molecular weight is 448 g/mol. The largest absolute Gasteiger partial charge is 0.493 e. The van der Waals surface area contributed by atoms with Gasteiger partial charge in [-0.05, 0) is 47.5 Å². The molecular weight excluding hydrogens is 431 g/mol. The SMILES string of the molecule is COc1cc(/C=N\NC(=O)c2ccc(C#N)cc2F)ccc1OCc1cccc([N+](=O)[O-])c1. The zero-order valence-corrected chi connectivity index (χ0v) is 17.3. The van der Waals surface area contributed by atoms with Gasteiger partial charge in [-0.3, -0.25) is 14.9 Å². The van der Waals surface area contributed by atoms with E-state index in [1.165, 1.54) is 37.6 Å². The number of non-ortho nitro benzene ring substituents is 1. The number of nitriles is 1. The van der Waals surface area contributed by atoms with Crippen LogP contribution in [0.3, 0.4) is 0 Å². The van der Waals surface area contributed by atoms with Crippen LogP contribution in [0, 0.1) is 27.3 Å². The number of nitrogens with one attached hydrogen (secondary N) is 1. The number of nitro benzene ring substituents is 1. The Balaban J connectivity index is 1.65. The molecule has 0 radical (unpaired) electrons. The molecule has 10 heteroatoms. The summed E-state index contributed by atoms with van der Waals surface area (Å²) in [7, 11) is 1.45. The normalized spacial score (nSPS) is 10.5. The van der Waals surface area contributed by atoms with Gasteiger partial charge in [-0.1, -0.05) is 12.1 Å². The summed E-state index contributed by atoms with van der Waals surface area (Å²) in [5.74, 6) is -0.801. The zero-order valence-electron chi connectivity index (χ0n) is 17.3. The van der Waals surface area contributed by atoms with Crippen LogP contribution in [0.2, 0.25) is 0 Å². The van der Waals surface area contributed by atoms with Crippen molar-refractivity contribution in [2.75, 3.05) is 7.11 Å². The Kier molecular flexibility index (Phi) is 7.28. The average Bonchev–Trinajstić information content (AvgIpc) is 2.82. The van der Waals surface area contributed by atoms with Crippen molar-refractivity contribution in [3.63, 3.8) is 0 Å². The van der Waals surface area contributed by atoms with Crippen LogP contribution in [0.5, 0.6) is 11.5 Å². The minimum atomic E-state index is -0.825. The second kappa shape index (κ2) is 10.5. The Hall–Kier alpha value is -4.78. The van der Waals surface area contributed by atoms with E-state index in [2.05, 4.69) is 10.5 Å². The molecule has 1 N–H and O–H groups in total. The molecule has 0 aliphatic carbocycles. The second-order valence-electron chi connectivity index (χ2n) is 6.63. The summed E-state index contributed by atoms with van der Waals surface area (Å²) in [5, 5.41) is 23.5. The minimum Gasteiger partial charge on any atom is -0.493 e. The highest BCUT2D eigenvalue weighted by Crippen LogP contribution is 2.28. The van der Waals surface area contributed by atoms with E-state index in [4.69, 9.17) is 14.7 Å². The van der Waals surface area contributed by atoms with Gasteiger partial charge >= 0.3 is 0 Å². The van der Waals surface area contributed by atoms with Crippen LogP contribution in [0.25, 0.3) is 0 Å². The van der Waals surface area contributed by atoms with Crippen LogP contribution in [-0.4, -0.2) is 24.2 Å². The molecule has 0 saturated heterocycles. The van der Waals surface area contributed by atoms with Crippen molar-refractivity contribution < 1.29 is 23.6 Å². The van der Waals surface area contributed by atoms with Gasteiger partial charge in [0.1, 0.15) is 12.4 Å². The quantitative estimate of drug-likeness (QED) is 0.316. The molecule has 33 heavy (non-hydrogen) atoms. The van der Waals surface area contributed by atoms with Gasteiger partial charge in [0.2, 0.25) is 0 Å². The monoisotopic (exact) mass is 448 g/mol. The molecule has 9 nitrogen and oxygen atoms in total. The van der Waals surface area contributed by atoms with Crippen molar-refractivity contribution in [1.29, 1.82) is 5.26 Å². The fourth-order valence-corrected chi connectivity index (χ4v) is 2.80. The minimum absolute atomic E-state index is 0.0300. The predicted octanol–water partition coefficient (Wildman–Crippen LogP) is 3.96. The summed E-state index contributed by atoms with van der Waals surface area (Å²) in [4.78, 5) is 22.5. The highest BCUT2D eigenvalue weighted by atomic mass is 19.1. The summed E-state index contributed by atoms with van der Waals surface area (Å²) in [6.45, 7) is 0.0949. The lowest BCUT2D eigenvalue weighted by atomic mass is 10.1. The predicted molar refractivity (Wildman–Crippen MR) is 117 cm³/mol. The van der Waals surface area contributed by atoms with E-state index in [1.807, 2.05) is 0 Å². The highest BCUT2D eigenvalue weighted by Gasteiger charge is 2.12. The van der Waals surface area contributed by atoms with Crippen molar-refractivity contribution in [3.8, 4) is 17.6 Å². The first-order valence-corrected chi connectivity index (χ1v) is 9.48. The van der Waals surface area contributed by atoms with Crippen LogP contribution < -0.4 is 14.9 Å². The Morgan fingerprint density at radius 1 is 1.21 bits per heavy atom. The summed E-state index contributed by atoms with van der Waals surface area (Å²) >= 11 is 0. The zero-order chi connectivity index (χ0) is 23.8. The molecule has 3 aromatic carbocycles. The Morgan fingerprint density at radius 2 is 2.03 bits per heavy atom. The third-order valence-corrected chi connectivity index (χ3v) is 4.43. The van der Waals surface area contributed by atoms with Crippen LogP contribution in [0.1, 0.15) is 27.0 Å². The summed E-state index contributed by atoms with van der Waals surface area (Å²) in [5.41, 5.74) is 3.24. The summed E-state index contributed by atoms with van der Waals surface area (Å²) < 4.78 is 24.9. The number of ether oxygens (including phenoxy) is 2. The van der Waals surface area contributed by atoms with Gasteiger partial charge in [0.05, 0.1) is 35.4 Å². The molecule has 0 fully saturated rings. The summed E-state index contributed by atoms with van der Waals surface area (Å²) in [6.07, 6.45) is 1.34. The molecule has 0 aromatic heterocycles. The molecule has 0 saturated carbocycles. The first-order chi connectivity index (χ1) is 15.9. The number of methoxy groups -OCH3 is 1. The van der Waals surface area contributed by atoms with Gasteiger partial charge in [-0.15, -0.1) is 0 Å². The maximum atomic E-state index is 13.9. The number of amides is 1. The van der Waals surface area contributed by atoms with Crippen LogP contribution in [-0.2, 0) is 6.61 Å². The van der Waals surface area contributed by atoms with E-state index in [0.29, 0.717) is 22.6 Å². The topological polar surface area (TPSA) is 127 Å². The third-order valence-electron chi connectivity index (χ3n) is 4.43. The Bertz CT molecular complexity index is 1270. The van der Waals surface area contributed by atoms with Gasteiger partial charge < -0.3 is 9.47 Å². The van der Waals surface area contributed by atoms with Crippen LogP contribution >= 0.6 is 0 Å². The molecular formula is C23H17FN4O5. The molecule has 0 aliphatic heterocycles. The molecule has 0 bridgehead atoms. The first kappa shape index (κ1) is 22.9. The van der Waals surface area contributed by atoms with Crippen molar-refractivity contribution in [2.45, 2.75) is 6.61 Å². The van der Waals surface area contributed by atoms with Gasteiger partial charge in [0, 0.05) is 12.1 Å². The number of carbonyl (C=O) groups excluding carboxylic acids is 1. The third kappa shape index (κ3) is 5.89. The molecule has 1 amide bonds. The number of halogens is 1. The summed E-state index contributed by atoms with van der Waals surface area (Å²) in [6, 6.07) is 16.3. The van der Waals surface area contributed by atoms with Gasteiger partial charge in [0.25, 0.3) is 11.6 Å². The lowest BCUT2D eigenvalue weighted by molar-refractivity contribution is -0.384. The smallest absolute Gasteiger partial charge is 0.274 e. The van der Waals surface area contributed by atoms with Crippen molar-refractivity contribution >= 4 is 17.8 Å². The number of hydrogen-bond donors (Lipinski definition) is 1. The van der Waals surface area contributed by atoms with E-state index in [0.717, 1.165) is 6.07 Å². The lowest BCUT2D eigenvalue weighted by Crippen LogP contribution is -2.19. The second-order valence-corrected chi connectivity index (χ2v) is 6.63. The molecule has 3 rings (SSSR count). The lowest BCUT2D eigenvalue weighted by Gasteiger charge is -2.11. The fraction of sp³-hybridized carbons (Fsp3) is 0.0870. The number of nitrogens with zero attached hydrogens (tertiary/aromatic N) is 3. The number of rotatable bonds is 8. The number of carbonyl (C=O) groups is 1. The van der Waals surface area contributed by atoms with E-state index < -0.39 is 16.6 Å². The number of benzene rings is 3. The molecule has 166 valence electrons. The van der Waals surface area contributed by atoms with E-state index >= 15 is 0 Å². The van der Waals surface area contributed by atoms with E-state index in [-0.39, 0.29) is 23.4 Å². The van der Waals surface area contributed by atoms with Crippen LogP contribution in [0.15, 0.2) is 65.8 Å². The standard InChI is InChI=1S/C23H17FN4O5/c1-32-22-11-16(13-26-27-23(29)19-7-5-15(12-25)10-20(19)24)6-8-21(22)33-14-17-3-2-4-18(9-17)28(30)31/h2-11,13H,14H2,1H3,(H,27,29)/b26-13-. The number of hydrazone groups is 1. The van der Waals surface area contributed by atoms with Gasteiger partial charge in [0.15, 0.2) is 11.5 Å².